The van der Waals surface area contributed by atoms with E-state index in [-0.39, 0.29) is 5.91 Å². The number of halogens is 1. The molecular weight excluding hydrogens is 362 g/mol. The summed E-state index contributed by atoms with van der Waals surface area (Å²) in [6, 6.07) is 16.9. The molecule has 27 heavy (non-hydrogen) atoms. The van der Waals surface area contributed by atoms with E-state index >= 15 is 0 Å². The van der Waals surface area contributed by atoms with Crippen molar-refractivity contribution in [2.75, 3.05) is 13.2 Å². The number of para-hydroxylation sites is 1. The second-order valence-corrected chi connectivity index (χ2v) is 6.50. The van der Waals surface area contributed by atoms with E-state index in [1.54, 1.807) is 10.9 Å². The average molecular weight is 384 g/mol. The highest BCUT2D eigenvalue weighted by Crippen LogP contribution is 2.19. The summed E-state index contributed by atoms with van der Waals surface area (Å²) in [6.07, 6.45) is 3.29. The molecule has 0 aliphatic heterocycles. The Balaban J connectivity index is 1.66. The number of carbonyl (C=O) groups excluding carboxylic acids is 1. The number of hydrogen-bond donors (Lipinski definition) is 1. The Kier molecular flexibility index (Phi) is 6.49. The minimum Gasteiger partial charge on any atom is -0.492 e. The normalized spacial score (nSPS) is 10.6. The molecule has 0 aliphatic rings. The van der Waals surface area contributed by atoms with E-state index in [1.807, 2.05) is 54.6 Å². The number of nitrogens with one attached hydrogen (secondary N) is 1. The summed E-state index contributed by atoms with van der Waals surface area (Å²) in [7, 11) is 0. The van der Waals surface area contributed by atoms with Crippen LogP contribution in [-0.2, 0) is 6.42 Å². The van der Waals surface area contributed by atoms with E-state index in [2.05, 4.69) is 17.3 Å². The van der Waals surface area contributed by atoms with Gasteiger partial charge in [0, 0.05) is 5.02 Å². The Morgan fingerprint density at radius 2 is 1.89 bits per heavy atom. The first-order chi connectivity index (χ1) is 13.2. The van der Waals surface area contributed by atoms with Crippen molar-refractivity contribution in [2.24, 2.45) is 0 Å². The summed E-state index contributed by atoms with van der Waals surface area (Å²) in [6.45, 7) is 2.91. The van der Waals surface area contributed by atoms with Gasteiger partial charge in [-0.25, -0.2) is 4.68 Å². The summed E-state index contributed by atoms with van der Waals surface area (Å²) in [5.41, 5.74) is 2.36. The number of benzene rings is 2. The smallest absolute Gasteiger partial charge is 0.254 e. The fraction of sp³-hybridized carbons (Fsp3) is 0.238. The predicted molar refractivity (Wildman–Crippen MR) is 107 cm³/mol. The maximum atomic E-state index is 12.6. The van der Waals surface area contributed by atoms with Crippen LogP contribution >= 0.6 is 11.6 Å². The second kappa shape index (κ2) is 9.24. The Bertz CT molecular complexity index is 876. The zero-order valence-electron chi connectivity index (χ0n) is 15.2. The lowest BCUT2D eigenvalue weighted by Crippen LogP contribution is -2.28. The van der Waals surface area contributed by atoms with E-state index in [1.165, 1.54) is 0 Å². The molecule has 0 bridgehead atoms. The van der Waals surface area contributed by atoms with Crippen LogP contribution in [0, 0.1) is 0 Å². The Morgan fingerprint density at radius 3 is 2.59 bits per heavy atom. The molecule has 1 amide bonds. The fourth-order valence-corrected chi connectivity index (χ4v) is 2.92. The van der Waals surface area contributed by atoms with Crippen LogP contribution in [0.2, 0.25) is 5.02 Å². The van der Waals surface area contributed by atoms with Crippen molar-refractivity contribution in [1.29, 1.82) is 0 Å². The van der Waals surface area contributed by atoms with Crippen molar-refractivity contribution in [3.05, 3.63) is 77.1 Å². The fourth-order valence-electron chi connectivity index (χ4n) is 2.79. The van der Waals surface area contributed by atoms with Crippen molar-refractivity contribution >= 4 is 17.5 Å². The quantitative estimate of drug-likeness (QED) is 0.590. The van der Waals surface area contributed by atoms with Gasteiger partial charge in [-0.1, -0.05) is 43.1 Å². The Hall–Kier alpha value is -2.79. The zero-order chi connectivity index (χ0) is 19.1. The number of amides is 1. The highest BCUT2D eigenvalue weighted by Gasteiger charge is 2.17. The summed E-state index contributed by atoms with van der Waals surface area (Å²) in [5.74, 6) is 0.643. The van der Waals surface area contributed by atoms with Crippen molar-refractivity contribution in [3.63, 3.8) is 0 Å². The summed E-state index contributed by atoms with van der Waals surface area (Å²) < 4.78 is 7.41. The van der Waals surface area contributed by atoms with Gasteiger partial charge in [-0.15, -0.1) is 0 Å². The second-order valence-electron chi connectivity index (χ2n) is 6.06. The molecule has 140 valence electrons. The molecule has 6 heteroatoms. The number of ether oxygens (including phenoxy) is 1. The van der Waals surface area contributed by atoms with Crippen LogP contribution in [0.15, 0.2) is 60.8 Å². The topological polar surface area (TPSA) is 56.1 Å². The molecule has 0 aliphatic carbocycles. The van der Waals surface area contributed by atoms with Gasteiger partial charge in [0.15, 0.2) is 0 Å². The molecule has 0 unspecified atom stereocenters. The minimum absolute atomic E-state index is 0.143. The first kappa shape index (κ1) is 19.0. The molecule has 0 fully saturated rings. The molecule has 3 aromatic rings. The molecule has 1 aromatic heterocycles. The SMILES string of the molecule is CCCc1c(C(=O)NCCOc2ccccc2)cnn1-c1ccc(Cl)cc1. The maximum Gasteiger partial charge on any atom is 0.254 e. The van der Waals surface area contributed by atoms with Gasteiger partial charge in [0.25, 0.3) is 5.91 Å². The van der Waals surface area contributed by atoms with Gasteiger partial charge in [-0.3, -0.25) is 4.79 Å². The number of hydrogen-bond acceptors (Lipinski definition) is 3. The van der Waals surface area contributed by atoms with Gasteiger partial charge >= 0.3 is 0 Å². The van der Waals surface area contributed by atoms with Crippen LogP contribution in [0.3, 0.4) is 0 Å². The van der Waals surface area contributed by atoms with Crippen LogP contribution < -0.4 is 10.1 Å². The molecule has 0 radical (unpaired) electrons. The molecule has 0 atom stereocenters. The number of nitrogens with zero attached hydrogens (tertiary/aromatic N) is 2. The van der Waals surface area contributed by atoms with Crippen molar-refractivity contribution in [3.8, 4) is 11.4 Å². The third kappa shape index (κ3) is 4.89. The molecule has 5 nitrogen and oxygen atoms in total. The predicted octanol–water partition coefficient (Wildman–Crippen LogP) is 4.29. The molecule has 2 aromatic carbocycles. The molecule has 0 spiro atoms. The number of carbonyl (C=O) groups is 1. The summed E-state index contributed by atoms with van der Waals surface area (Å²) in [4.78, 5) is 12.6. The first-order valence-electron chi connectivity index (χ1n) is 8.98. The Labute approximate surface area is 163 Å². The van der Waals surface area contributed by atoms with Gasteiger partial charge in [0.05, 0.1) is 29.7 Å². The highest BCUT2D eigenvalue weighted by atomic mass is 35.5. The van der Waals surface area contributed by atoms with Crippen LogP contribution in [0.1, 0.15) is 29.4 Å². The van der Waals surface area contributed by atoms with Crippen LogP contribution in [0.25, 0.3) is 5.69 Å². The van der Waals surface area contributed by atoms with Crippen LogP contribution in [-0.4, -0.2) is 28.8 Å². The van der Waals surface area contributed by atoms with E-state index in [0.29, 0.717) is 23.7 Å². The maximum absolute atomic E-state index is 12.6. The zero-order valence-corrected chi connectivity index (χ0v) is 15.9. The van der Waals surface area contributed by atoms with Crippen LogP contribution in [0.4, 0.5) is 0 Å². The van der Waals surface area contributed by atoms with Crippen LogP contribution in [0.5, 0.6) is 5.75 Å². The van der Waals surface area contributed by atoms with E-state index in [9.17, 15) is 4.79 Å². The van der Waals surface area contributed by atoms with Gasteiger partial charge in [-0.2, -0.15) is 5.10 Å². The summed E-state index contributed by atoms with van der Waals surface area (Å²) in [5, 5.41) is 7.98. The molecule has 0 saturated heterocycles. The number of rotatable bonds is 8. The first-order valence-corrected chi connectivity index (χ1v) is 9.35. The molecule has 1 N–H and O–H groups in total. The number of aromatic nitrogens is 2. The van der Waals surface area contributed by atoms with E-state index in [0.717, 1.165) is 30.0 Å². The monoisotopic (exact) mass is 383 g/mol. The molecule has 0 saturated carbocycles. The lowest BCUT2D eigenvalue weighted by atomic mass is 10.1. The Morgan fingerprint density at radius 1 is 1.15 bits per heavy atom. The van der Waals surface area contributed by atoms with E-state index < -0.39 is 0 Å². The van der Waals surface area contributed by atoms with Gasteiger partial charge in [0.1, 0.15) is 12.4 Å². The largest absolute Gasteiger partial charge is 0.492 e. The third-order valence-electron chi connectivity index (χ3n) is 4.07. The van der Waals surface area contributed by atoms with Gasteiger partial charge in [0.2, 0.25) is 0 Å². The van der Waals surface area contributed by atoms with Gasteiger partial charge in [-0.05, 0) is 42.8 Å². The molecule has 3 rings (SSSR count). The van der Waals surface area contributed by atoms with Crippen molar-refractivity contribution < 1.29 is 9.53 Å². The lowest BCUT2D eigenvalue weighted by Gasteiger charge is -2.10. The lowest BCUT2D eigenvalue weighted by molar-refractivity contribution is 0.0946. The van der Waals surface area contributed by atoms with Gasteiger partial charge < -0.3 is 10.1 Å². The van der Waals surface area contributed by atoms with Crippen molar-refractivity contribution in [2.45, 2.75) is 19.8 Å². The van der Waals surface area contributed by atoms with E-state index in [4.69, 9.17) is 16.3 Å². The minimum atomic E-state index is -0.143. The standard InChI is InChI=1S/C21H22ClN3O2/c1-2-6-20-19(15-24-25(20)17-11-9-16(22)10-12-17)21(26)23-13-14-27-18-7-4-3-5-8-18/h3-5,7-12,15H,2,6,13-14H2,1H3,(H,23,26). The molecule has 1 heterocycles. The average Bonchev–Trinajstić information content (AvgIpc) is 3.10. The third-order valence-corrected chi connectivity index (χ3v) is 4.32. The van der Waals surface area contributed by atoms with Crippen molar-refractivity contribution in [1.82, 2.24) is 15.1 Å². The molecular formula is C21H22ClN3O2. The summed E-state index contributed by atoms with van der Waals surface area (Å²) >= 11 is 5.97. The highest BCUT2D eigenvalue weighted by molar-refractivity contribution is 6.30.